The third-order valence-corrected chi connectivity index (χ3v) is 4.97. The minimum absolute atomic E-state index is 0.00925. The van der Waals surface area contributed by atoms with Gasteiger partial charge in [-0.1, -0.05) is 17.3 Å². The van der Waals surface area contributed by atoms with Crippen molar-refractivity contribution in [1.29, 1.82) is 0 Å². The number of likely N-dealkylation sites (N-methyl/N-ethyl adjacent to an activating group) is 1. The number of hydrogen-bond acceptors (Lipinski definition) is 7. The van der Waals surface area contributed by atoms with Gasteiger partial charge in [-0.15, -0.1) is 5.10 Å². The van der Waals surface area contributed by atoms with Gasteiger partial charge in [0.2, 0.25) is 0 Å². The number of rotatable bonds is 8. The first-order valence-corrected chi connectivity index (χ1v) is 10.1. The number of benzene rings is 1. The number of anilines is 1. The Labute approximate surface area is 180 Å². The van der Waals surface area contributed by atoms with Crippen molar-refractivity contribution in [3.05, 3.63) is 66.2 Å². The molecule has 0 atom stereocenters. The summed E-state index contributed by atoms with van der Waals surface area (Å²) in [6.07, 6.45) is 5.57. The van der Waals surface area contributed by atoms with Crippen molar-refractivity contribution >= 4 is 22.4 Å². The highest BCUT2D eigenvalue weighted by Gasteiger charge is 2.11. The second kappa shape index (κ2) is 9.01. The van der Waals surface area contributed by atoms with Crippen molar-refractivity contribution in [2.24, 2.45) is 7.05 Å². The number of nitrogens with one attached hydrogen (secondary N) is 1. The number of fused-ring (bicyclic) bond motifs is 1. The molecule has 3 aromatic heterocycles. The number of Topliss-reactive ketones (excluding diaryl/α,β-unsaturated/α-hetero) is 1. The number of carbonyl (C=O) groups excluding carboxylic acids is 1. The van der Waals surface area contributed by atoms with Crippen LogP contribution in [0.4, 0.5) is 5.82 Å². The van der Waals surface area contributed by atoms with Crippen molar-refractivity contribution < 1.29 is 4.79 Å². The first kappa shape index (κ1) is 20.6. The molecule has 0 fully saturated rings. The molecular formula is C23H25N7O. The van der Waals surface area contributed by atoms with Crippen LogP contribution in [0.5, 0.6) is 0 Å². The van der Waals surface area contributed by atoms with Gasteiger partial charge in [-0.3, -0.25) is 14.5 Å². The van der Waals surface area contributed by atoms with E-state index in [0.29, 0.717) is 11.4 Å². The minimum Gasteiger partial charge on any atom is -0.369 e. The first-order valence-electron chi connectivity index (χ1n) is 10.1. The predicted octanol–water partition coefficient (Wildman–Crippen LogP) is 2.82. The summed E-state index contributed by atoms with van der Waals surface area (Å²) < 4.78 is 1.68. The normalized spacial score (nSPS) is 11.2. The molecule has 8 nitrogen and oxygen atoms in total. The highest BCUT2D eigenvalue weighted by molar-refractivity contribution is 5.98. The molecule has 0 unspecified atom stereocenters. The SMILES string of the molecule is CN(C)CCNc1cc(C(=O)Cc2cc3cc(-c4cn(C)nn4)ccc3cn2)ccn1. The maximum atomic E-state index is 12.9. The van der Waals surface area contributed by atoms with Crippen LogP contribution in [0.2, 0.25) is 0 Å². The van der Waals surface area contributed by atoms with Crippen LogP contribution >= 0.6 is 0 Å². The average Bonchev–Trinajstić information content (AvgIpc) is 3.19. The third kappa shape index (κ3) is 5.10. The molecule has 0 saturated heterocycles. The number of hydrogen-bond donors (Lipinski definition) is 1. The van der Waals surface area contributed by atoms with Crippen LogP contribution < -0.4 is 5.32 Å². The molecule has 4 aromatic rings. The molecular weight excluding hydrogens is 390 g/mol. The minimum atomic E-state index is 0.00925. The van der Waals surface area contributed by atoms with Crippen LogP contribution in [-0.4, -0.2) is 62.8 Å². The zero-order chi connectivity index (χ0) is 21.8. The quantitative estimate of drug-likeness (QED) is 0.443. The largest absolute Gasteiger partial charge is 0.369 e. The van der Waals surface area contributed by atoms with E-state index in [9.17, 15) is 4.79 Å². The molecule has 158 valence electrons. The van der Waals surface area contributed by atoms with E-state index in [-0.39, 0.29) is 12.2 Å². The van der Waals surface area contributed by atoms with E-state index < -0.39 is 0 Å². The number of aryl methyl sites for hydroxylation is 1. The second-order valence-corrected chi connectivity index (χ2v) is 7.77. The lowest BCUT2D eigenvalue weighted by molar-refractivity contribution is 0.0992. The third-order valence-electron chi connectivity index (χ3n) is 4.97. The molecule has 1 N–H and O–H groups in total. The topological polar surface area (TPSA) is 88.8 Å². The monoisotopic (exact) mass is 415 g/mol. The summed E-state index contributed by atoms with van der Waals surface area (Å²) in [4.78, 5) is 23.7. The van der Waals surface area contributed by atoms with Crippen molar-refractivity contribution in [1.82, 2.24) is 29.9 Å². The Morgan fingerprint density at radius 3 is 2.74 bits per heavy atom. The van der Waals surface area contributed by atoms with Crippen LogP contribution in [0, 0.1) is 0 Å². The first-order chi connectivity index (χ1) is 15.0. The van der Waals surface area contributed by atoms with Gasteiger partial charge in [-0.2, -0.15) is 0 Å². The number of aromatic nitrogens is 5. The van der Waals surface area contributed by atoms with E-state index in [1.807, 2.05) is 51.6 Å². The molecule has 1 aromatic carbocycles. The van der Waals surface area contributed by atoms with Crippen LogP contribution in [-0.2, 0) is 13.5 Å². The Balaban J connectivity index is 1.50. The molecule has 0 spiro atoms. The van der Waals surface area contributed by atoms with E-state index in [0.717, 1.165) is 40.8 Å². The number of carbonyl (C=O) groups is 1. The van der Waals surface area contributed by atoms with E-state index >= 15 is 0 Å². The smallest absolute Gasteiger partial charge is 0.169 e. The molecule has 0 radical (unpaired) electrons. The summed E-state index contributed by atoms with van der Waals surface area (Å²) in [5.41, 5.74) is 3.14. The fourth-order valence-electron chi connectivity index (χ4n) is 3.30. The lowest BCUT2D eigenvalue weighted by atomic mass is 10.0. The fraction of sp³-hybridized carbons (Fsp3) is 0.261. The molecule has 0 amide bonds. The van der Waals surface area contributed by atoms with Crippen LogP contribution in [0.1, 0.15) is 16.1 Å². The number of nitrogens with zero attached hydrogens (tertiary/aromatic N) is 6. The Morgan fingerprint density at radius 1 is 1.10 bits per heavy atom. The molecule has 4 rings (SSSR count). The zero-order valence-corrected chi connectivity index (χ0v) is 17.9. The van der Waals surface area contributed by atoms with Crippen molar-refractivity contribution in [2.45, 2.75) is 6.42 Å². The molecule has 0 aliphatic heterocycles. The lowest BCUT2D eigenvalue weighted by Crippen LogP contribution is -2.21. The Morgan fingerprint density at radius 2 is 1.97 bits per heavy atom. The van der Waals surface area contributed by atoms with Gasteiger partial charge in [0.15, 0.2) is 5.78 Å². The predicted molar refractivity (Wildman–Crippen MR) is 121 cm³/mol. The van der Waals surface area contributed by atoms with Crippen molar-refractivity contribution in [3.63, 3.8) is 0 Å². The van der Waals surface area contributed by atoms with Gasteiger partial charge in [0.25, 0.3) is 0 Å². The van der Waals surface area contributed by atoms with Crippen LogP contribution in [0.3, 0.4) is 0 Å². The van der Waals surface area contributed by atoms with Crippen molar-refractivity contribution in [2.75, 3.05) is 32.5 Å². The van der Waals surface area contributed by atoms with Gasteiger partial charge in [-0.05, 0) is 43.7 Å². The molecule has 3 heterocycles. The second-order valence-electron chi connectivity index (χ2n) is 7.77. The van der Waals surface area contributed by atoms with Gasteiger partial charge in [0.05, 0.1) is 12.6 Å². The molecule has 0 saturated carbocycles. The summed E-state index contributed by atoms with van der Waals surface area (Å²) in [6, 6.07) is 11.6. The van der Waals surface area contributed by atoms with Gasteiger partial charge in [-0.25, -0.2) is 4.98 Å². The summed E-state index contributed by atoms with van der Waals surface area (Å²) in [5, 5.41) is 13.4. The summed E-state index contributed by atoms with van der Waals surface area (Å²) in [7, 11) is 5.87. The van der Waals surface area contributed by atoms with E-state index in [2.05, 4.69) is 30.5 Å². The van der Waals surface area contributed by atoms with E-state index in [1.165, 1.54) is 0 Å². The van der Waals surface area contributed by atoms with Crippen molar-refractivity contribution in [3.8, 4) is 11.3 Å². The lowest BCUT2D eigenvalue weighted by Gasteiger charge is -2.11. The van der Waals surface area contributed by atoms with E-state index in [1.54, 1.807) is 29.2 Å². The molecule has 0 aliphatic rings. The highest BCUT2D eigenvalue weighted by Crippen LogP contribution is 2.23. The number of ketones is 1. The maximum absolute atomic E-state index is 12.9. The van der Waals surface area contributed by atoms with E-state index in [4.69, 9.17) is 0 Å². The highest BCUT2D eigenvalue weighted by atomic mass is 16.1. The summed E-state index contributed by atoms with van der Waals surface area (Å²) in [6.45, 7) is 1.65. The van der Waals surface area contributed by atoms with Crippen LogP contribution in [0.15, 0.2) is 55.0 Å². The summed E-state index contributed by atoms with van der Waals surface area (Å²) >= 11 is 0. The van der Waals surface area contributed by atoms with Gasteiger partial charge in [0, 0.05) is 54.7 Å². The molecule has 0 bridgehead atoms. The Bertz CT molecular complexity index is 1220. The summed E-state index contributed by atoms with van der Waals surface area (Å²) in [5.74, 6) is 0.711. The maximum Gasteiger partial charge on any atom is 0.169 e. The number of pyridine rings is 2. The molecule has 0 aliphatic carbocycles. The molecule has 8 heteroatoms. The average molecular weight is 416 g/mol. The zero-order valence-electron chi connectivity index (χ0n) is 17.9. The molecule has 31 heavy (non-hydrogen) atoms. The van der Waals surface area contributed by atoms with Crippen LogP contribution in [0.25, 0.3) is 22.0 Å². The Hall–Kier alpha value is -3.65. The van der Waals surface area contributed by atoms with Gasteiger partial charge in [0.1, 0.15) is 11.5 Å². The van der Waals surface area contributed by atoms with Gasteiger partial charge >= 0.3 is 0 Å². The standard InChI is InChI=1S/C23H25N7O/c1-29(2)9-8-25-23-12-17(6-7-24-23)22(31)13-20-11-19-10-16(4-5-18(19)14-26-20)21-15-30(3)28-27-21/h4-7,10-12,14-15H,8-9,13H2,1-3H3,(H,24,25). The van der Waals surface area contributed by atoms with Gasteiger partial charge < -0.3 is 10.2 Å². The Kier molecular flexibility index (Phi) is 5.99. The fourth-order valence-corrected chi connectivity index (χ4v) is 3.30.